The number of rotatable bonds is 4. The van der Waals surface area contributed by atoms with E-state index in [0.717, 1.165) is 42.0 Å². The molecule has 7 nitrogen and oxygen atoms in total. The van der Waals surface area contributed by atoms with Crippen LogP contribution in [-0.2, 0) is 13.5 Å². The predicted octanol–water partition coefficient (Wildman–Crippen LogP) is 0.992. The number of hydrogen-bond acceptors (Lipinski definition) is 6. The molecule has 124 valence electrons. The van der Waals surface area contributed by atoms with E-state index < -0.39 is 0 Å². The van der Waals surface area contributed by atoms with Crippen molar-refractivity contribution in [1.29, 1.82) is 0 Å². The first-order chi connectivity index (χ1) is 11.7. The van der Waals surface area contributed by atoms with E-state index in [-0.39, 0.29) is 6.17 Å². The van der Waals surface area contributed by atoms with Crippen molar-refractivity contribution < 1.29 is 5.11 Å². The summed E-state index contributed by atoms with van der Waals surface area (Å²) in [5.41, 5.74) is 5.11. The smallest absolute Gasteiger partial charge is 0.122 e. The number of nitrogens with one attached hydrogen (secondary N) is 2. The van der Waals surface area contributed by atoms with Gasteiger partial charge in [-0.05, 0) is 17.2 Å². The Morgan fingerprint density at radius 1 is 1.42 bits per heavy atom. The fraction of sp³-hybridized carbons (Fsp3) is 0.353. The monoisotopic (exact) mass is 324 g/mol. The minimum Gasteiger partial charge on any atom is -0.514 e. The molecule has 0 saturated carbocycles. The van der Waals surface area contributed by atoms with Gasteiger partial charge in [0.15, 0.2) is 0 Å². The molecule has 2 aliphatic rings. The highest BCUT2D eigenvalue weighted by Gasteiger charge is 2.25. The molecular formula is C17H20N6O. The molecule has 2 aromatic rings. The van der Waals surface area contributed by atoms with Gasteiger partial charge in [-0.25, -0.2) is 0 Å². The molecule has 0 amide bonds. The molecule has 0 radical (unpaired) electrons. The highest BCUT2D eigenvalue weighted by Crippen LogP contribution is 2.24. The molecule has 1 unspecified atom stereocenters. The van der Waals surface area contributed by atoms with Gasteiger partial charge in [0, 0.05) is 44.3 Å². The third-order valence-electron chi connectivity index (χ3n) is 4.54. The minimum absolute atomic E-state index is 0.0615. The number of hydrogen-bond donors (Lipinski definition) is 3. The van der Waals surface area contributed by atoms with Crippen LogP contribution in [0.5, 0.6) is 0 Å². The second-order valence-corrected chi connectivity index (χ2v) is 6.27. The Balaban J connectivity index is 1.53. The molecule has 1 fully saturated rings. The molecule has 1 aromatic carbocycles. The van der Waals surface area contributed by atoms with Crippen LogP contribution in [0.25, 0.3) is 11.3 Å². The number of fused-ring (bicyclic) bond motifs is 1. The number of aliphatic hydroxyl groups excluding tert-OH is 1. The van der Waals surface area contributed by atoms with E-state index in [1.165, 1.54) is 11.8 Å². The Morgan fingerprint density at radius 2 is 2.29 bits per heavy atom. The first kappa shape index (κ1) is 14.9. The van der Waals surface area contributed by atoms with Gasteiger partial charge in [0.05, 0.1) is 18.2 Å². The number of aliphatic hydroxyl groups is 1. The molecule has 0 aliphatic carbocycles. The van der Waals surface area contributed by atoms with Crippen LogP contribution in [0, 0.1) is 5.92 Å². The summed E-state index contributed by atoms with van der Waals surface area (Å²) in [5.74, 6) is 0.345. The van der Waals surface area contributed by atoms with Crippen LogP contribution in [0.15, 0.2) is 41.3 Å². The van der Waals surface area contributed by atoms with Crippen molar-refractivity contribution in [3.63, 3.8) is 0 Å². The molecule has 7 heteroatoms. The van der Waals surface area contributed by atoms with E-state index in [4.69, 9.17) is 0 Å². The van der Waals surface area contributed by atoms with E-state index >= 15 is 0 Å². The van der Waals surface area contributed by atoms with E-state index in [0.29, 0.717) is 5.92 Å². The van der Waals surface area contributed by atoms with E-state index in [9.17, 15) is 5.11 Å². The molecule has 0 spiro atoms. The normalized spacial score (nSPS) is 20.5. The maximum Gasteiger partial charge on any atom is 0.122 e. The summed E-state index contributed by atoms with van der Waals surface area (Å²) < 4.78 is 1.70. The summed E-state index contributed by atoms with van der Waals surface area (Å²) in [5, 5.41) is 24.2. The molecule has 1 saturated heterocycles. The zero-order chi connectivity index (χ0) is 16.5. The minimum atomic E-state index is -0.0615. The fourth-order valence-corrected chi connectivity index (χ4v) is 3.03. The van der Waals surface area contributed by atoms with Crippen LogP contribution in [0.2, 0.25) is 0 Å². The Labute approximate surface area is 140 Å². The average molecular weight is 324 g/mol. The van der Waals surface area contributed by atoms with Crippen LogP contribution < -0.4 is 10.6 Å². The van der Waals surface area contributed by atoms with Gasteiger partial charge in [0.2, 0.25) is 0 Å². The van der Waals surface area contributed by atoms with Gasteiger partial charge >= 0.3 is 0 Å². The summed E-state index contributed by atoms with van der Waals surface area (Å²) in [4.78, 5) is 4.57. The molecule has 1 atom stereocenters. The summed E-state index contributed by atoms with van der Waals surface area (Å²) >= 11 is 0. The van der Waals surface area contributed by atoms with Crippen molar-refractivity contribution in [1.82, 2.24) is 25.6 Å². The molecule has 3 heterocycles. The van der Waals surface area contributed by atoms with Crippen molar-refractivity contribution in [3.05, 3.63) is 47.5 Å². The summed E-state index contributed by atoms with van der Waals surface area (Å²) in [6.07, 6.45) is 5.69. The van der Waals surface area contributed by atoms with Crippen LogP contribution >= 0.6 is 0 Å². The number of aromatic nitrogens is 3. The summed E-state index contributed by atoms with van der Waals surface area (Å²) in [6.45, 7) is 1.78. The fourth-order valence-electron chi connectivity index (χ4n) is 3.03. The molecular weight excluding hydrogens is 304 g/mol. The third-order valence-corrected chi connectivity index (χ3v) is 4.54. The lowest BCUT2D eigenvalue weighted by Gasteiger charge is -2.32. The van der Waals surface area contributed by atoms with Crippen molar-refractivity contribution >= 4 is 6.21 Å². The van der Waals surface area contributed by atoms with Crippen molar-refractivity contribution in [2.24, 2.45) is 18.0 Å². The van der Waals surface area contributed by atoms with Crippen molar-refractivity contribution in [2.45, 2.75) is 12.6 Å². The van der Waals surface area contributed by atoms with E-state index in [1.54, 1.807) is 4.68 Å². The lowest BCUT2D eigenvalue weighted by Crippen LogP contribution is -2.47. The molecule has 3 N–H and O–H groups in total. The predicted molar refractivity (Wildman–Crippen MR) is 91.7 cm³/mol. The highest BCUT2D eigenvalue weighted by molar-refractivity contribution is 5.84. The molecule has 4 rings (SSSR count). The second-order valence-electron chi connectivity index (χ2n) is 6.27. The van der Waals surface area contributed by atoms with Crippen LogP contribution in [-0.4, -0.2) is 45.6 Å². The largest absolute Gasteiger partial charge is 0.514 e. The number of benzene rings is 1. The van der Waals surface area contributed by atoms with Gasteiger partial charge in [-0.3, -0.25) is 9.67 Å². The van der Waals surface area contributed by atoms with Crippen LogP contribution in [0.1, 0.15) is 11.1 Å². The number of aliphatic imine (C=N–C) groups is 1. The first-order valence-corrected chi connectivity index (χ1v) is 8.07. The maximum atomic E-state index is 9.46. The topological polar surface area (TPSA) is 87.4 Å². The number of nitrogens with zero attached hydrogens (tertiary/aromatic N) is 4. The highest BCUT2D eigenvalue weighted by atomic mass is 16.2. The van der Waals surface area contributed by atoms with Crippen LogP contribution in [0.3, 0.4) is 0 Å². The average Bonchev–Trinajstić information content (AvgIpc) is 2.98. The standard InChI is InChI=1S/C17H20N6O/c1-23-9-15(21-22-23)11-2-3-12-8-19-17(5-13(12)4-11)20-16(10-24)14-6-18-7-14/h2-4,8-10,14,17-18,20,24H,5-7H2,1H3/b16-10-. The zero-order valence-electron chi connectivity index (χ0n) is 13.5. The van der Waals surface area contributed by atoms with Crippen LogP contribution in [0.4, 0.5) is 0 Å². The lowest BCUT2D eigenvalue weighted by atomic mass is 9.96. The van der Waals surface area contributed by atoms with Crippen molar-refractivity contribution in [3.8, 4) is 11.3 Å². The second kappa shape index (κ2) is 6.09. The quantitative estimate of drug-likeness (QED) is 0.730. The molecule has 2 aliphatic heterocycles. The maximum absolute atomic E-state index is 9.46. The Bertz CT molecular complexity index is 805. The van der Waals surface area contributed by atoms with E-state index in [2.05, 4.69) is 38.1 Å². The zero-order valence-corrected chi connectivity index (χ0v) is 13.5. The lowest BCUT2D eigenvalue weighted by molar-refractivity contribution is 0.346. The molecule has 0 bridgehead atoms. The van der Waals surface area contributed by atoms with Gasteiger partial charge in [-0.1, -0.05) is 17.3 Å². The molecule has 1 aromatic heterocycles. The van der Waals surface area contributed by atoms with Gasteiger partial charge in [0.1, 0.15) is 11.9 Å². The SMILES string of the molecule is Cn1cc(-c2ccc3c(c2)CC(N/C(=C\O)C2CNC2)N=C3)nn1. The number of aryl methyl sites for hydroxylation is 1. The summed E-state index contributed by atoms with van der Waals surface area (Å²) in [7, 11) is 1.86. The van der Waals surface area contributed by atoms with Gasteiger partial charge in [0.25, 0.3) is 0 Å². The van der Waals surface area contributed by atoms with Gasteiger partial charge < -0.3 is 15.7 Å². The van der Waals surface area contributed by atoms with Gasteiger partial charge in [-0.2, -0.15) is 0 Å². The Kier molecular flexibility index (Phi) is 3.78. The van der Waals surface area contributed by atoms with Crippen molar-refractivity contribution in [2.75, 3.05) is 13.1 Å². The van der Waals surface area contributed by atoms with E-state index in [1.807, 2.05) is 25.5 Å². The Morgan fingerprint density at radius 3 is 2.96 bits per heavy atom. The molecule has 24 heavy (non-hydrogen) atoms. The third kappa shape index (κ3) is 2.78. The Hall–Kier alpha value is -2.67. The van der Waals surface area contributed by atoms with Gasteiger partial charge in [-0.15, -0.1) is 5.10 Å². The summed E-state index contributed by atoms with van der Waals surface area (Å²) in [6, 6.07) is 6.26. The first-order valence-electron chi connectivity index (χ1n) is 8.07.